The van der Waals surface area contributed by atoms with Crippen LogP contribution in [0.4, 0.5) is 4.39 Å². The highest BCUT2D eigenvalue weighted by Crippen LogP contribution is 2.39. The molecule has 0 amide bonds. The number of nitrogens with zero attached hydrogens (tertiary/aromatic N) is 1. The van der Waals surface area contributed by atoms with Gasteiger partial charge in [0.25, 0.3) is 0 Å². The second-order valence-electron chi connectivity index (χ2n) is 6.84. The van der Waals surface area contributed by atoms with Crippen molar-refractivity contribution in [3.8, 4) is 0 Å². The molecule has 0 fully saturated rings. The van der Waals surface area contributed by atoms with Crippen molar-refractivity contribution in [2.75, 3.05) is 20.1 Å². The highest BCUT2D eigenvalue weighted by Gasteiger charge is 2.31. The largest absolute Gasteiger partial charge is 0.329 e. The Morgan fingerprint density at radius 1 is 1.13 bits per heavy atom. The standard InChI is InChI=1S/C20H25FN2/c1-13(2)15-6-9-17-18(10-15)20(11-22)23(3)12-19(17)14-4-7-16(21)8-5-14/h4-10,13,19-20H,11-12,22H2,1-3H3. The molecule has 2 N–H and O–H groups in total. The summed E-state index contributed by atoms with van der Waals surface area (Å²) in [7, 11) is 2.12. The van der Waals surface area contributed by atoms with Crippen LogP contribution in [0.3, 0.4) is 0 Å². The van der Waals surface area contributed by atoms with Crippen LogP contribution in [0, 0.1) is 5.82 Å². The van der Waals surface area contributed by atoms with Crippen LogP contribution in [0.1, 0.15) is 54.0 Å². The van der Waals surface area contributed by atoms with E-state index in [0.29, 0.717) is 12.5 Å². The average molecular weight is 312 g/mol. The van der Waals surface area contributed by atoms with E-state index in [1.54, 1.807) is 12.1 Å². The molecule has 2 unspecified atom stereocenters. The number of likely N-dealkylation sites (N-methyl/N-ethyl adjacent to an activating group) is 1. The van der Waals surface area contributed by atoms with Crippen LogP contribution in [-0.2, 0) is 0 Å². The van der Waals surface area contributed by atoms with Crippen molar-refractivity contribution in [2.24, 2.45) is 5.73 Å². The third kappa shape index (κ3) is 3.04. The quantitative estimate of drug-likeness (QED) is 0.927. The Morgan fingerprint density at radius 3 is 2.43 bits per heavy atom. The van der Waals surface area contributed by atoms with Crippen LogP contribution in [0.5, 0.6) is 0 Å². The second kappa shape index (κ2) is 6.42. The molecule has 0 spiro atoms. The predicted octanol–water partition coefficient (Wildman–Crippen LogP) is 4.03. The van der Waals surface area contributed by atoms with Gasteiger partial charge in [0.2, 0.25) is 0 Å². The minimum absolute atomic E-state index is 0.187. The third-order valence-corrected chi connectivity index (χ3v) is 5.01. The van der Waals surface area contributed by atoms with Crippen molar-refractivity contribution in [1.82, 2.24) is 4.90 Å². The van der Waals surface area contributed by atoms with E-state index < -0.39 is 0 Å². The molecule has 1 heterocycles. The lowest BCUT2D eigenvalue weighted by Crippen LogP contribution is -2.39. The Hall–Kier alpha value is -1.71. The Labute approximate surface area is 138 Å². The van der Waals surface area contributed by atoms with Crippen molar-refractivity contribution >= 4 is 0 Å². The van der Waals surface area contributed by atoms with Gasteiger partial charge in [-0.25, -0.2) is 4.39 Å². The summed E-state index contributed by atoms with van der Waals surface area (Å²) in [5.41, 5.74) is 11.2. The summed E-state index contributed by atoms with van der Waals surface area (Å²) in [6.07, 6.45) is 0. The highest BCUT2D eigenvalue weighted by molar-refractivity contribution is 5.45. The Bertz CT molecular complexity index is 679. The monoisotopic (exact) mass is 312 g/mol. The Morgan fingerprint density at radius 2 is 1.83 bits per heavy atom. The third-order valence-electron chi connectivity index (χ3n) is 5.01. The van der Waals surface area contributed by atoms with Gasteiger partial charge in [0, 0.05) is 25.0 Å². The van der Waals surface area contributed by atoms with E-state index in [1.807, 2.05) is 12.1 Å². The number of nitrogens with two attached hydrogens (primary N) is 1. The summed E-state index contributed by atoms with van der Waals surface area (Å²) >= 11 is 0. The predicted molar refractivity (Wildman–Crippen MR) is 93.2 cm³/mol. The maximum atomic E-state index is 13.3. The number of hydrogen-bond acceptors (Lipinski definition) is 2. The van der Waals surface area contributed by atoms with Crippen LogP contribution in [0.15, 0.2) is 42.5 Å². The molecule has 0 bridgehead atoms. The highest BCUT2D eigenvalue weighted by atomic mass is 19.1. The van der Waals surface area contributed by atoms with Crippen molar-refractivity contribution in [3.63, 3.8) is 0 Å². The molecule has 3 rings (SSSR count). The Balaban J connectivity index is 2.09. The smallest absolute Gasteiger partial charge is 0.123 e. The fraction of sp³-hybridized carbons (Fsp3) is 0.400. The molecule has 23 heavy (non-hydrogen) atoms. The summed E-state index contributed by atoms with van der Waals surface area (Å²) in [4.78, 5) is 2.32. The first-order valence-corrected chi connectivity index (χ1v) is 8.30. The van der Waals surface area contributed by atoms with E-state index in [9.17, 15) is 4.39 Å². The fourth-order valence-electron chi connectivity index (χ4n) is 3.60. The van der Waals surface area contributed by atoms with Crippen LogP contribution in [0.25, 0.3) is 0 Å². The van der Waals surface area contributed by atoms with E-state index in [-0.39, 0.29) is 17.8 Å². The summed E-state index contributed by atoms with van der Waals surface area (Å²) < 4.78 is 13.3. The summed E-state index contributed by atoms with van der Waals surface area (Å²) in [6, 6.07) is 13.9. The molecule has 2 atom stereocenters. The van der Waals surface area contributed by atoms with Gasteiger partial charge in [0.15, 0.2) is 0 Å². The molecule has 1 aliphatic rings. The lowest BCUT2D eigenvalue weighted by atomic mass is 9.80. The van der Waals surface area contributed by atoms with Gasteiger partial charge in [-0.1, -0.05) is 44.2 Å². The maximum absolute atomic E-state index is 13.3. The number of benzene rings is 2. The normalized spacial score (nSPS) is 21.5. The SMILES string of the molecule is CC(C)c1ccc2c(c1)C(CN)N(C)CC2c1ccc(F)cc1. The minimum atomic E-state index is -0.187. The zero-order valence-electron chi connectivity index (χ0n) is 14.1. The van der Waals surface area contributed by atoms with Gasteiger partial charge in [0.05, 0.1) is 0 Å². The number of fused-ring (bicyclic) bond motifs is 1. The topological polar surface area (TPSA) is 29.3 Å². The lowest BCUT2D eigenvalue weighted by Gasteiger charge is -2.39. The molecule has 0 radical (unpaired) electrons. The molecule has 3 heteroatoms. The molecule has 0 aromatic heterocycles. The van der Waals surface area contributed by atoms with Gasteiger partial charge >= 0.3 is 0 Å². The molecule has 1 aliphatic heterocycles. The second-order valence-corrected chi connectivity index (χ2v) is 6.84. The van der Waals surface area contributed by atoms with Crippen LogP contribution in [0.2, 0.25) is 0 Å². The summed E-state index contributed by atoms with van der Waals surface area (Å²) in [6.45, 7) is 5.94. The summed E-state index contributed by atoms with van der Waals surface area (Å²) in [5, 5.41) is 0. The molecular weight excluding hydrogens is 287 g/mol. The number of hydrogen-bond donors (Lipinski definition) is 1. The van der Waals surface area contributed by atoms with Gasteiger partial charge < -0.3 is 5.73 Å². The fourth-order valence-corrected chi connectivity index (χ4v) is 3.60. The molecule has 2 nitrogen and oxygen atoms in total. The van der Waals surface area contributed by atoms with E-state index in [0.717, 1.165) is 12.1 Å². The van der Waals surface area contributed by atoms with Crippen molar-refractivity contribution in [3.05, 3.63) is 70.5 Å². The molecule has 2 aromatic carbocycles. The van der Waals surface area contributed by atoms with Crippen LogP contribution < -0.4 is 5.73 Å². The van der Waals surface area contributed by atoms with E-state index in [1.165, 1.54) is 16.7 Å². The van der Waals surface area contributed by atoms with E-state index in [2.05, 4.69) is 44.0 Å². The molecule has 122 valence electrons. The van der Waals surface area contributed by atoms with E-state index in [4.69, 9.17) is 5.73 Å². The number of rotatable bonds is 3. The molecule has 2 aromatic rings. The minimum Gasteiger partial charge on any atom is -0.329 e. The van der Waals surface area contributed by atoms with E-state index >= 15 is 0 Å². The van der Waals surface area contributed by atoms with Gasteiger partial charge in [-0.3, -0.25) is 4.90 Å². The maximum Gasteiger partial charge on any atom is 0.123 e. The molecule has 0 saturated heterocycles. The lowest BCUT2D eigenvalue weighted by molar-refractivity contribution is 0.223. The van der Waals surface area contributed by atoms with Crippen molar-refractivity contribution in [1.29, 1.82) is 0 Å². The first-order valence-electron chi connectivity index (χ1n) is 8.30. The van der Waals surface area contributed by atoms with Gasteiger partial charge in [-0.2, -0.15) is 0 Å². The van der Waals surface area contributed by atoms with Crippen molar-refractivity contribution < 1.29 is 4.39 Å². The first kappa shape index (κ1) is 16.2. The number of halogens is 1. The first-order chi connectivity index (χ1) is 11.0. The molecule has 0 aliphatic carbocycles. The molecule has 0 saturated carbocycles. The average Bonchev–Trinajstić information content (AvgIpc) is 2.54. The Kier molecular flexibility index (Phi) is 4.51. The van der Waals surface area contributed by atoms with Crippen LogP contribution in [-0.4, -0.2) is 25.0 Å². The zero-order chi connectivity index (χ0) is 16.6. The van der Waals surface area contributed by atoms with Gasteiger partial charge in [-0.15, -0.1) is 0 Å². The van der Waals surface area contributed by atoms with Gasteiger partial charge in [0.1, 0.15) is 5.82 Å². The zero-order valence-corrected chi connectivity index (χ0v) is 14.1. The van der Waals surface area contributed by atoms with Gasteiger partial charge in [-0.05, 0) is 47.4 Å². The summed E-state index contributed by atoms with van der Waals surface area (Å²) in [5.74, 6) is 0.572. The van der Waals surface area contributed by atoms with Crippen LogP contribution >= 0.6 is 0 Å². The van der Waals surface area contributed by atoms with Crippen molar-refractivity contribution in [2.45, 2.75) is 31.7 Å². The molecular formula is C20H25FN2.